The zero-order valence-electron chi connectivity index (χ0n) is 15.0. The van der Waals surface area contributed by atoms with Gasteiger partial charge in [-0.15, -0.1) is 0 Å². The minimum Gasteiger partial charge on any atom is -0.491 e. The van der Waals surface area contributed by atoms with Gasteiger partial charge in [0.2, 0.25) is 5.95 Å². The molecule has 138 valence electrons. The molecule has 0 bridgehead atoms. The molecule has 0 fully saturated rings. The maximum absolute atomic E-state index is 6.08. The molecule has 0 aliphatic heterocycles. The Hall–Kier alpha value is -2.45. The van der Waals surface area contributed by atoms with Gasteiger partial charge in [-0.3, -0.25) is 4.98 Å². The molecular weight excluding hydrogens is 356 g/mol. The van der Waals surface area contributed by atoms with Crippen LogP contribution in [0, 0.1) is 13.8 Å². The van der Waals surface area contributed by atoms with Crippen LogP contribution in [0.2, 0.25) is 5.15 Å². The van der Waals surface area contributed by atoms with Crippen LogP contribution in [0.3, 0.4) is 0 Å². The van der Waals surface area contributed by atoms with Gasteiger partial charge < -0.3 is 19.8 Å². The number of nitrogens with two attached hydrogens (primary N) is 1. The number of nitrogen functional groups attached to an aromatic ring is 1. The molecule has 0 aliphatic carbocycles. The first-order valence-electron chi connectivity index (χ1n) is 8.30. The lowest BCUT2D eigenvalue weighted by Crippen LogP contribution is -2.11. The maximum Gasteiger partial charge on any atom is 0.223 e. The van der Waals surface area contributed by atoms with Gasteiger partial charge in [-0.25, -0.2) is 4.98 Å². The second kappa shape index (κ2) is 7.84. The molecule has 0 atom stereocenters. The van der Waals surface area contributed by atoms with Crippen LogP contribution in [-0.4, -0.2) is 44.3 Å². The fourth-order valence-corrected chi connectivity index (χ4v) is 2.91. The van der Waals surface area contributed by atoms with Gasteiger partial charge in [0.05, 0.1) is 25.2 Å². The number of aromatic nitrogens is 5. The van der Waals surface area contributed by atoms with Crippen LogP contribution >= 0.6 is 11.6 Å². The van der Waals surface area contributed by atoms with Crippen LogP contribution in [-0.2, 0) is 11.3 Å². The minimum absolute atomic E-state index is 0.109. The highest BCUT2D eigenvalue weighted by molar-refractivity contribution is 6.33. The molecule has 0 spiro atoms. The fraction of sp³-hybridized carbons (Fsp3) is 0.412. The Kier molecular flexibility index (Phi) is 5.53. The molecule has 0 amide bonds. The number of nitrogens with zero attached hydrogens (tertiary/aromatic N) is 5. The summed E-state index contributed by atoms with van der Waals surface area (Å²) >= 11 is 6.08. The lowest BCUT2D eigenvalue weighted by Gasteiger charge is -2.15. The second-order valence-electron chi connectivity index (χ2n) is 5.80. The number of hydrogen-bond acceptors (Lipinski definition) is 7. The summed E-state index contributed by atoms with van der Waals surface area (Å²) in [4.78, 5) is 17.0. The van der Waals surface area contributed by atoms with Crippen LogP contribution < -0.4 is 10.5 Å². The Bertz CT molecular complexity index is 927. The fourth-order valence-electron chi connectivity index (χ4n) is 2.69. The monoisotopic (exact) mass is 376 g/mol. The largest absolute Gasteiger partial charge is 0.491 e. The van der Waals surface area contributed by atoms with E-state index in [1.54, 1.807) is 12.5 Å². The summed E-state index contributed by atoms with van der Waals surface area (Å²) in [6, 6.07) is 0. The van der Waals surface area contributed by atoms with Gasteiger partial charge in [0.1, 0.15) is 17.9 Å². The number of pyridine rings is 1. The minimum atomic E-state index is 0.109. The van der Waals surface area contributed by atoms with Crippen LogP contribution in [0.25, 0.3) is 11.2 Å². The number of aryl methyl sites for hydroxylation is 1. The molecule has 8 nitrogen and oxygen atoms in total. The Labute approximate surface area is 156 Å². The smallest absolute Gasteiger partial charge is 0.223 e. The zero-order valence-corrected chi connectivity index (χ0v) is 15.7. The van der Waals surface area contributed by atoms with Crippen LogP contribution in [0.4, 0.5) is 5.95 Å². The topological polar surface area (TPSA) is 101 Å². The van der Waals surface area contributed by atoms with E-state index in [4.69, 9.17) is 26.8 Å². The van der Waals surface area contributed by atoms with E-state index in [2.05, 4.69) is 19.9 Å². The number of fused-ring (bicyclic) bond motifs is 1. The van der Waals surface area contributed by atoms with Crippen molar-refractivity contribution in [1.29, 1.82) is 0 Å². The first-order valence-corrected chi connectivity index (χ1v) is 8.68. The Morgan fingerprint density at radius 2 is 2.00 bits per heavy atom. The molecule has 0 aromatic carbocycles. The van der Waals surface area contributed by atoms with Crippen molar-refractivity contribution in [3.05, 3.63) is 34.5 Å². The average Bonchev–Trinajstić information content (AvgIpc) is 3.00. The molecule has 0 aliphatic rings. The van der Waals surface area contributed by atoms with Crippen molar-refractivity contribution in [2.45, 2.75) is 27.3 Å². The van der Waals surface area contributed by atoms with Crippen molar-refractivity contribution in [2.75, 3.05) is 25.6 Å². The van der Waals surface area contributed by atoms with Gasteiger partial charge in [-0.05, 0) is 20.8 Å². The predicted octanol–water partition coefficient (Wildman–Crippen LogP) is 2.54. The number of ether oxygens (including phenoxy) is 2. The SMILES string of the molecule is CCOCCOc1c(C)cnc(Cn2cnc3c(Cl)nc(N)nc32)c1C. The van der Waals surface area contributed by atoms with Crippen LogP contribution in [0.1, 0.15) is 23.7 Å². The van der Waals surface area contributed by atoms with E-state index in [1.807, 2.05) is 25.3 Å². The Morgan fingerprint density at radius 1 is 1.19 bits per heavy atom. The molecule has 0 saturated carbocycles. The summed E-state index contributed by atoms with van der Waals surface area (Å²) in [5, 5.41) is 0.236. The maximum atomic E-state index is 6.08. The van der Waals surface area contributed by atoms with Crippen molar-refractivity contribution in [3.8, 4) is 5.75 Å². The van der Waals surface area contributed by atoms with Crippen molar-refractivity contribution in [1.82, 2.24) is 24.5 Å². The molecule has 0 saturated heterocycles. The molecule has 3 heterocycles. The molecular formula is C17H21ClN6O2. The normalized spacial score (nSPS) is 11.2. The lowest BCUT2D eigenvalue weighted by atomic mass is 10.1. The van der Waals surface area contributed by atoms with Crippen LogP contribution in [0.15, 0.2) is 12.5 Å². The van der Waals surface area contributed by atoms with Gasteiger partial charge in [0, 0.05) is 23.9 Å². The molecule has 0 radical (unpaired) electrons. The Morgan fingerprint density at radius 3 is 2.77 bits per heavy atom. The third-order valence-corrected chi connectivity index (χ3v) is 4.25. The Balaban J connectivity index is 1.88. The van der Waals surface area contributed by atoms with E-state index in [-0.39, 0.29) is 11.1 Å². The van der Waals surface area contributed by atoms with Gasteiger partial charge in [-0.2, -0.15) is 9.97 Å². The summed E-state index contributed by atoms with van der Waals surface area (Å²) in [5.41, 5.74) is 9.59. The van der Waals surface area contributed by atoms with Gasteiger partial charge in [0.25, 0.3) is 0 Å². The van der Waals surface area contributed by atoms with E-state index in [0.717, 1.165) is 22.6 Å². The molecule has 3 aromatic rings. The third kappa shape index (κ3) is 3.71. The quantitative estimate of drug-likeness (QED) is 0.499. The highest BCUT2D eigenvalue weighted by atomic mass is 35.5. The van der Waals surface area contributed by atoms with E-state index in [0.29, 0.717) is 37.5 Å². The van der Waals surface area contributed by atoms with E-state index >= 15 is 0 Å². The first-order chi connectivity index (χ1) is 12.5. The summed E-state index contributed by atoms with van der Waals surface area (Å²) in [7, 11) is 0. The molecule has 3 rings (SSSR count). The number of hydrogen-bond donors (Lipinski definition) is 1. The number of anilines is 1. The average molecular weight is 377 g/mol. The van der Waals surface area contributed by atoms with E-state index in [1.165, 1.54) is 0 Å². The molecule has 3 aromatic heterocycles. The second-order valence-corrected chi connectivity index (χ2v) is 6.16. The number of imidazole rings is 1. The summed E-state index contributed by atoms with van der Waals surface area (Å²) in [6.45, 7) is 8.10. The van der Waals surface area contributed by atoms with Crippen molar-refractivity contribution >= 4 is 28.7 Å². The number of halogens is 1. The summed E-state index contributed by atoms with van der Waals surface area (Å²) < 4.78 is 13.1. The van der Waals surface area contributed by atoms with Gasteiger partial charge >= 0.3 is 0 Å². The first kappa shape index (κ1) is 18.3. The summed E-state index contributed by atoms with van der Waals surface area (Å²) in [6.07, 6.45) is 3.45. The van der Waals surface area contributed by atoms with Crippen molar-refractivity contribution in [3.63, 3.8) is 0 Å². The van der Waals surface area contributed by atoms with Crippen LogP contribution in [0.5, 0.6) is 5.75 Å². The summed E-state index contributed by atoms with van der Waals surface area (Å²) in [5.74, 6) is 0.934. The van der Waals surface area contributed by atoms with E-state index in [9.17, 15) is 0 Å². The van der Waals surface area contributed by atoms with Crippen molar-refractivity contribution < 1.29 is 9.47 Å². The van der Waals surface area contributed by atoms with Crippen molar-refractivity contribution in [2.24, 2.45) is 0 Å². The van der Waals surface area contributed by atoms with Gasteiger partial charge in [0.15, 0.2) is 10.8 Å². The zero-order chi connectivity index (χ0) is 18.7. The molecule has 26 heavy (non-hydrogen) atoms. The highest BCUT2D eigenvalue weighted by Crippen LogP contribution is 2.26. The predicted molar refractivity (Wildman–Crippen MR) is 99.5 cm³/mol. The molecule has 2 N–H and O–H groups in total. The number of rotatable bonds is 7. The third-order valence-electron chi connectivity index (χ3n) is 3.98. The standard InChI is InChI=1S/C17H21ClN6O2/c1-4-25-5-6-26-14-10(2)7-20-12(11(14)3)8-24-9-21-13-15(18)22-17(19)23-16(13)24/h7,9H,4-6,8H2,1-3H3,(H2,19,22,23). The highest BCUT2D eigenvalue weighted by Gasteiger charge is 2.15. The van der Waals surface area contributed by atoms with Gasteiger partial charge in [-0.1, -0.05) is 11.6 Å². The molecule has 9 heteroatoms. The van der Waals surface area contributed by atoms with E-state index < -0.39 is 0 Å². The lowest BCUT2D eigenvalue weighted by molar-refractivity contribution is 0.109. The molecule has 0 unspecified atom stereocenters.